The van der Waals surface area contributed by atoms with Crippen LogP contribution in [0.2, 0.25) is 0 Å². The van der Waals surface area contributed by atoms with Crippen molar-refractivity contribution < 1.29 is 14.6 Å². The lowest BCUT2D eigenvalue weighted by Gasteiger charge is -2.10. The number of hydrogen-bond donors (Lipinski definition) is 1. The first-order chi connectivity index (χ1) is 10.5. The normalized spacial score (nSPS) is 11.1. The number of nitriles is 1. The molecule has 0 aliphatic heterocycles. The third kappa shape index (κ3) is 2.86. The molecule has 0 spiro atoms. The lowest BCUT2D eigenvalue weighted by atomic mass is 10.1. The minimum absolute atomic E-state index is 0.282. The van der Waals surface area contributed by atoms with E-state index >= 15 is 0 Å². The van der Waals surface area contributed by atoms with Crippen LogP contribution in [0.25, 0.3) is 11.8 Å². The van der Waals surface area contributed by atoms with Gasteiger partial charge in [0.15, 0.2) is 0 Å². The van der Waals surface area contributed by atoms with Crippen molar-refractivity contribution in [3.8, 4) is 17.5 Å². The maximum absolute atomic E-state index is 11.0. The number of ether oxygens (including phenoxy) is 1. The lowest BCUT2D eigenvalue weighted by molar-refractivity contribution is -0.132. The van der Waals surface area contributed by atoms with Gasteiger partial charge in [0.2, 0.25) is 0 Å². The Bertz CT molecular complexity index is 777. The molecule has 0 amide bonds. The Hall–Kier alpha value is -3.00. The van der Waals surface area contributed by atoms with Crippen LogP contribution in [0.5, 0.6) is 5.75 Å². The van der Waals surface area contributed by atoms with Gasteiger partial charge in [-0.15, -0.1) is 0 Å². The fourth-order valence-electron chi connectivity index (χ4n) is 2.36. The molecular weight excluding hydrogens is 280 g/mol. The molecule has 22 heavy (non-hydrogen) atoms. The van der Waals surface area contributed by atoms with Crippen LogP contribution in [0.1, 0.15) is 17.0 Å². The molecular formula is C17H16N2O3. The summed E-state index contributed by atoms with van der Waals surface area (Å²) in [5, 5.41) is 17.8. The molecule has 0 unspecified atom stereocenters. The highest BCUT2D eigenvalue weighted by atomic mass is 16.5. The molecule has 2 rings (SSSR count). The van der Waals surface area contributed by atoms with Crippen LogP contribution in [0.15, 0.2) is 35.9 Å². The van der Waals surface area contributed by atoms with Crippen molar-refractivity contribution in [2.45, 2.75) is 13.8 Å². The summed E-state index contributed by atoms with van der Waals surface area (Å²) >= 11 is 0. The second kappa shape index (κ2) is 6.19. The van der Waals surface area contributed by atoms with Gasteiger partial charge in [-0.3, -0.25) is 0 Å². The predicted octanol–water partition coefficient (Wildman–Crippen LogP) is 3.09. The standard InChI is InChI=1S/C17H16N2O3/c1-11-8-13(9-14(10-18)17(20)21)12(2)19(11)15-4-6-16(22-3)7-5-15/h4-9H,1-3H3,(H,20,21)/b14-9-. The Morgan fingerprint density at radius 1 is 1.32 bits per heavy atom. The van der Waals surface area contributed by atoms with E-state index in [0.717, 1.165) is 22.8 Å². The molecule has 0 radical (unpaired) electrons. The average molecular weight is 296 g/mol. The van der Waals surface area contributed by atoms with Gasteiger partial charge in [-0.05, 0) is 55.8 Å². The van der Waals surface area contributed by atoms with Crippen molar-refractivity contribution in [3.05, 3.63) is 52.9 Å². The van der Waals surface area contributed by atoms with Crippen molar-refractivity contribution in [2.75, 3.05) is 7.11 Å². The van der Waals surface area contributed by atoms with Gasteiger partial charge >= 0.3 is 5.97 Å². The molecule has 0 aliphatic rings. The number of carboxylic acids is 1. The fraction of sp³-hybridized carbons (Fsp3) is 0.176. The summed E-state index contributed by atoms with van der Waals surface area (Å²) in [6.07, 6.45) is 1.39. The van der Waals surface area contributed by atoms with Crippen LogP contribution < -0.4 is 4.74 Å². The zero-order chi connectivity index (χ0) is 16.3. The Labute approximate surface area is 128 Å². The van der Waals surface area contributed by atoms with E-state index in [4.69, 9.17) is 15.1 Å². The van der Waals surface area contributed by atoms with Crippen LogP contribution in [0.4, 0.5) is 0 Å². The Kier molecular flexibility index (Phi) is 4.33. The van der Waals surface area contributed by atoms with Crippen molar-refractivity contribution in [3.63, 3.8) is 0 Å². The largest absolute Gasteiger partial charge is 0.497 e. The first-order valence-corrected chi connectivity index (χ1v) is 6.66. The number of carboxylic acid groups (broad SMARTS) is 1. The number of rotatable bonds is 4. The highest BCUT2D eigenvalue weighted by Crippen LogP contribution is 2.24. The minimum atomic E-state index is -1.23. The van der Waals surface area contributed by atoms with Gasteiger partial charge in [-0.1, -0.05) is 0 Å². The predicted molar refractivity (Wildman–Crippen MR) is 83.0 cm³/mol. The smallest absolute Gasteiger partial charge is 0.346 e. The monoisotopic (exact) mass is 296 g/mol. The lowest BCUT2D eigenvalue weighted by Crippen LogP contribution is -2.00. The summed E-state index contributed by atoms with van der Waals surface area (Å²) in [5.74, 6) is -0.458. The van der Waals surface area contributed by atoms with Gasteiger partial charge in [0.1, 0.15) is 17.4 Å². The number of aliphatic carboxylic acids is 1. The van der Waals surface area contributed by atoms with E-state index in [0.29, 0.717) is 5.56 Å². The zero-order valence-corrected chi connectivity index (χ0v) is 12.6. The second-order valence-electron chi connectivity index (χ2n) is 4.83. The highest BCUT2D eigenvalue weighted by Gasteiger charge is 2.12. The number of benzene rings is 1. The van der Waals surface area contributed by atoms with E-state index in [9.17, 15) is 4.79 Å². The van der Waals surface area contributed by atoms with E-state index in [1.54, 1.807) is 13.2 Å². The summed E-state index contributed by atoms with van der Waals surface area (Å²) in [6, 6.07) is 11.1. The van der Waals surface area contributed by atoms with Gasteiger partial charge in [0.05, 0.1) is 7.11 Å². The molecule has 0 atom stereocenters. The summed E-state index contributed by atoms with van der Waals surface area (Å²) in [6.45, 7) is 3.82. The third-order valence-electron chi connectivity index (χ3n) is 3.45. The number of methoxy groups -OCH3 is 1. The molecule has 1 heterocycles. The van der Waals surface area contributed by atoms with Gasteiger partial charge in [-0.25, -0.2) is 4.79 Å². The van der Waals surface area contributed by atoms with Gasteiger partial charge in [0, 0.05) is 17.1 Å². The minimum Gasteiger partial charge on any atom is -0.497 e. The van der Waals surface area contributed by atoms with Crippen LogP contribution in [0, 0.1) is 25.2 Å². The van der Waals surface area contributed by atoms with Crippen LogP contribution >= 0.6 is 0 Å². The van der Waals surface area contributed by atoms with Crippen molar-refractivity contribution >= 4 is 12.0 Å². The Morgan fingerprint density at radius 2 is 1.95 bits per heavy atom. The number of nitrogens with zero attached hydrogens (tertiary/aromatic N) is 2. The first-order valence-electron chi connectivity index (χ1n) is 6.66. The molecule has 1 aromatic carbocycles. The van der Waals surface area contributed by atoms with Crippen molar-refractivity contribution in [2.24, 2.45) is 0 Å². The number of hydrogen-bond acceptors (Lipinski definition) is 3. The quantitative estimate of drug-likeness (QED) is 0.695. The second-order valence-corrected chi connectivity index (χ2v) is 4.83. The summed E-state index contributed by atoms with van der Waals surface area (Å²) in [4.78, 5) is 11.0. The van der Waals surface area contributed by atoms with Crippen molar-refractivity contribution in [1.82, 2.24) is 4.57 Å². The van der Waals surface area contributed by atoms with Crippen LogP contribution in [-0.4, -0.2) is 22.8 Å². The van der Waals surface area contributed by atoms with E-state index in [1.807, 2.05) is 48.7 Å². The maximum atomic E-state index is 11.0. The molecule has 1 aromatic heterocycles. The highest BCUT2D eigenvalue weighted by molar-refractivity contribution is 5.96. The molecule has 2 aromatic rings. The Morgan fingerprint density at radius 3 is 2.45 bits per heavy atom. The molecule has 5 heteroatoms. The van der Waals surface area contributed by atoms with E-state index in [1.165, 1.54) is 6.08 Å². The van der Waals surface area contributed by atoms with E-state index in [-0.39, 0.29) is 5.57 Å². The first kappa shape index (κ1) is 15.4. The fourth-order valence-corrected chi connectivity index (χ4v) is 2.36. The molecule has 1 N–H and O–H groups in total. The average Bonchev–Trinajstić information content (AvgIpc) is 2.78. The topological polar surface area (TPSA) is 75.2 Å². The number of carbonyl (C=O) groups is 1. The van der Waals surface area contributed by atoms with Gasteiger partial charge in [-0.2, -0.15) is 5.26 Å². The zero-order valence-electron chi connectivity index (χ0n) is 12.6. The summed E-state index contributed by atoms with van der Waals surface area (Å²) in [5.41, 5.74) is 3.21. The molecule has 0 saturated heterocycles. The molecule has 112 valence electrons. The molecule has 0 saturated carbocycles. The van der Waals surface area contributed by atoms with E-state index < -0.39 is 5.97 Å². The Balaban J connectivity index is 2.51. The van der Waals surface area contributed by atoms with Crippen LogP contribution in [0.3, 0.4) is 0 Å². The molecule has 0 fully saturated rings. The maximum Gasteiger partial charge on any atom is 0.346 e. The molecule has 5 nitrogen and oxygen atoms in total. The van der Waals surface area contributed by atoms with Crippen LogP contribution in [-0.2, 0) is 4.79 Å². The summed E-state index contributed by atoms with van der Waals surface area (Å²) in [7, 11) is 1.61. The van der Waals surface area contributed by atoms with Gasteiger partial charge in [0.25, 0.3) is 0 Å². The molecule has 0 bridgehead atoms. The number of aromatic nitrogens is 1. The number of aryl methyl sites for hydroxylation is 1. The van der Waals surface area contributed by atoms with Crippen molar-refractivity contribution in [1.29, 1.82) is 5.26 Å². The summed E-state index contributed by atoms with van der Waals surface area (Å²) < 4.78 is 7.15. The van der Waals surface area contributed by atoms with Gasteiger partial charge < -0.3 is 14.4 Å². The van der Waals surface area contributed by atoms with E-state index in [2.05, 4.69) is 0 Å². The molecule has 0 aliphatic carbocycles. The third-order valence-corrected chi connectivity index (χ3v) is 3.45. The SMILES string of the molecule is COc1ccc(-n2c(C)cc(/C=C(/C#N)C(=O)O)c2C)cc1.